The van der Waals surface area contributed by atoms with Gasteiger partial charge in [-0.3, -0.25) is 5.32 Å². The van der Waals surface area contributed by atoms with Crippen LogP contribution in [0, 0.1) is 0 Å². The minimum atomic E-state index is -0.475. The molecule has 0 bridgehead atoms. The quantitative estimate of drug-likeness (QED) is 0.285. The topological polar surface area (TPSA) is 110 Å². The Morgan fingerprint density at radius 3 is 2.43 bits per heavy atom. The summed E-state index contributed by atoms with van der Waals surface area (Å²) < 4.78 is 10.6. The zero-order valence-corrected chi connectivity index (χ0v) is 18.2. The van der Waals surface area contributed by atoms with Gasteiger partial charge in [0.15, 0.2) is 5.84 Å². The number of rotatable bonds is 5. The van der Waals surface area contributed by atoms with Crippen LogP contribution < -0.4 is 25.9 Å². The van der Waals surface area contributed by atoms with Crippen molar-refractivity contribution >= 4 is 29.0 Å². The van der Waals surface area contributed by atoms with E-state index in [2.05, 4.69) is 41.5 Å². The molecule has 0 saturated heterocycles. The van der Waals surface area contributed by atoms with Crippen molar-refractivity contribution in [2.24, 2.45) is 15.9 Å². The van der Waals surface area contributed by atoms with Crippen molar-refractivity contribution in [2.75, 3.05) is 19.5 Å². The summed E-state index contributed by atoms with van der Waals surface area (Å²) in [5.74, 6) is 6.79. The lowest BCUT2D eigenvalue weighted by Gasteiger charge is -2.20. The Kier molecular flexibility index (Phi) is 7.41. The number of carbonyl (C=O) groups is 1. The number of hydrogen-bond acceptors (Lipinski definition) is 6. The summed E-state index contributed by atoms with van der Waals surface area (Å²) >= 11 is 0. The highest BCUT2D eigenvalue weighted by Gasteiger charge is 2.15. The number of ether oxygens (including phenoxy) is 2. The summed E-state index contributed by atoms with van der Waals surface area (Å²) in [5.41, 5.74) is 2.67. The maximum atomic E-state index is 12.5. The van der Waals surface area contributed by atoms with Gasteiger partial charge in [-0.1, -0.05) is 32.9 Å². The molecule has 0 heterocycles. The molecule has 0 radical (unpaired) electrons. The second-order valence-electron chi connectivity index (χ2n) is 7.62. The van der Waals surface area contributed by atoms with E-state index in [9.17, 15) is 4.79 Å². The van der Waals surface area contributed by atoms with Gasteiger partial charge in [0.25, 0.3) is 0 Å². The molecule has 30 heavy (non-hydrogen) atoms. The van der Waals surface area contributed by atoms with Crippen LogP contribution in [0.1, 0.15) is 36.1 Å². The first-order chi connectivity index (χ1) is 14.2. The van der Waals surface area contributed by atoms with E-state index in [0.29, 0.717) is 28.6 Å². The number of aliphatic imine (C=N–C) groups is 1. The van der Waals surface area contributed by atoms with E-state index in [1.54, 1.807) is 39.3 Å². The third-order valence-corrected chi connectivity index (χ3v) is 4.36. The molecule has 0 aliphatic heterocycles. The number of hydrazone groups is 1. The summed E-state index contributed by atoms with van der Waals surface area (Å²) in [6.07, 6.45) is 0. The molecule has 0 spiro atoms. The highest BCUT2D eigenvalue weighted by molar-refractivity contribution is 6.43. The average molecular weight is 416 g/mol. The molecule has 4 N–H and O–H groups in total. The van der Waals surface area contributed by atoms with Gasteiger partial charge in [0.1, 0.15) is 17.2 Å². The van der Waals surface area contributed by atoms with Crippen molar-refractivity contribution in [2.45, 2.75) is 33.1 Å². The Morgan fingerprint density at radius 2 is 1.83 bits per heavy atom. The van der Waals surface area contributed by atoms with Crippen LogP contribution in [0.15, 0.2) is 52.6 Å². The first-order valence-electron chi connectivity index (χ1n) is 9.42. The number of benzene rings is 2. The number of hydrogen-bond donors (Lipinski definition) is 3. The van der Waals surface area contributed by atoms with Crippen LogP contribution in [0.25, 0.3) is 0 Å². The molecular weight excluding hydrogens is 382 g/mol. The van der Waals surface area contributed by atoms with E-state index < -0.39 is 6.03 Å². The van der Waals surface area contributed by atoms with Crippen molar-refractivity contribution in [3.8, 4) is 11.5 Å². The van der Waals surface area contributed by atoms with E-state index in [0.717, 1.165) is 5.56 Å². The zero-order valence-electron chi connectivity index (χ0n) is 18.2. The Balaban J connectivity index is 0.00000480. The molecule has 8 nitrogen and oxygen atoms in total. The van der Waals surface area contributed by atoms with Crippen LogP contribution >= 0.6 is 0 Å². The van der Waals surface area contributed by atoms with Gasteiger partial charge in [0, 0.05) is 14.6 Å². The number of amidine groups is 1. The van der Waals surface area contributed by atoms with Crippen molar-refractivity contribution < 1.29 is 17.1 Å². The fourth-order valence-corrected chi connectivity index (χ4v) is 2.67. The monoisotopic (exact) mass is 415 g/mol. The zero-order chi connectivity index (χ0) is 22.3. The molecule has 2 aromatic rings. The molecule has 2 aromatic carbocycles. The van der Waals surface area contributed by atoms with Gasteiger partial charge in [-0.2, -0.15) is 5.10 Å². The number of nitrogens with two attached hydrogens (primary N) is 1. The molecule has 0 aliphatic rings. The lowest BCUT2D eigenvalue weighted by molar-refractivity contribution is 0.256. The Labute approximate surface area is 180 Å². The van der Waals surface area contributed by atoms with Gasteiger partial charge in [0.05, 0.1) is 19.9 Å². The Morgan fingerprint density at radius 1 is 1.10 bits per heavy atom. The summed E-state index contributed by atoms with van der Waals surface area (Å²) in [6.45, 7) is 8.01. The van der Waals surface area contributed by atoms with Crippen molar-refractivity contribution in [1.29, 1.82) is 0 Å². The summed E-state index contributed by atoms with van der Waals surface area (Å²) in [6, 6.07) is 12.4. The summed E-state index contributed by atoms with van der Waals surface area (Å²) in [4.78, 5) is 16.9. The van der Waals surface area contributed by atoms with Gasteiger partial charge in [-0.05, 0) is 42.2 Å². The fraction of sp³-hybridized carbons (Fsp3) is 0.318. The van der Waals surface area contributed by atoms with Crippen LogP contribution in [-0.2, 0) is 5.41 Å². The molecule has 0 saturated carbocycles. The van der Waals surface area contributed by atoms with Crippen LogP contribution in [0.4, 0.5) is 16.2 Å². The van der Waals surface area contributed by atoms with Crippen LogP contribution in [0.3, 0.4) is 0 Å². The summed E-state index contributed by atoms with van der Waals surface area (Å²) in [5, 5.41) is 9.09. The minimum absolute atomic E-state index is 0. The molecule has 0 aromatic heterocycles. The number of urea groups is 1. The molecule has 0 unspecified atom stereocenters. The first-order valence-corrected chi connectivity index (χ1v) is 9.42. The van der Waals surface area contributed by atoms with E-state index in [1.807, 2.05) is 24.3 Å². The molecule has 2 rings (SSSR count). The normalized spacial score (nSPS) is 12.3. The molecule has 0 atom stereocenters. The van der Waals surface area contributed by atoms with Gasteiger partial charge < -0.3 is 20.6 Å². The second-order valence-corrected chi connectivity index (χ2v) is 7.62. The number of nitrogens with one attached hydrogen (secondary N) is 2. The van der Waals surface area contributed by atoms with E-state index in [1.165, 1.54) is 0 Å². The Hall–Kier alpha value is -3.55. The number of methoxy groups -OCH3 is 2. The van der Waals surface area contributed by atoms with Crippen molar-refractivity contribution in [1.82, 2.24) is 5.32 Å². The second kappa shape index (κ2) is 9.78. The lowest BCUT2D eigenvalue weighted by Crippen LogP contribution is -2.39. The molecule has 0 fully saturated rings. The van der Waals surface area contributed by atoms with Crippen molar-refractivity contribution in [3.05, 3.63) is 48.0 Å². The van der Waals surface area contributed by atoms with Crippen LogP contribution in [-0.4, -0.2) is 31.8 Å². The van der Waals surface area contributed by atoms with Gasteiger partial charge >= 0.3 is 6.03 Å². The van der Waals surface area contributed by atoms with E-state index in [4.69, 9.17) is 15.3 Å². The van der Waals surface area contributed by atoms with Crippen LogP contribution in [0.2, 0.25) is 0 Å². The Bertz CT molecular complexity index is 972. The van der Waals surface area contributed by atoms with Crippen LogP contribution in [0.5, 0.6) is 11.5 Å². The maximum Gasteiger partial charge on any atom is 0.324 e. The minimum Gasteiger partial charge on any atom is -0.497 e. The first kappa shape index (κ1) is 22.7. The third-order valence-electron chi connectivity index (χ3n) is 4.36. The highest BCUT2D eigenvalue weighted by atomic mass is 16.5. The van der Waals surface area contributed by atoms with E-state index in [-0.39, 0.29) is 14.1 Å². The molecule has 2 amide bonds. The molecule has 0 aliphatic carbocycles. The van der Waals surface area contributed by atoms with Gasteiger partial charge in [-0.25, -0.2) is 9.79 Å². The summed E-state index contributed by atoms with van der Waals surface area (Å²) in [7, 11) is 3.11. The van der Waals surface area contributed by atoms with Gasteiger partial charge in [0.2, 0.25) is 0 Å². The number of carbonyl (C=O) groups excluding carboxylic acids is 1. The smallest absolute Gasteiger partial charge is 0.324 e. The highest BCUT2D eigenvalue weighted by Crippen LogP contribution is 2.31. The fourth-order valence-electron chi connectivity index (χ4n) is 2.67. The standard InChI is InChI=1S/C22H29N5O3.2H2/c1-14(24-18-13-17(29-5)10-11-19(18)30-6)20(27-23)26-21(28)25-16-9-7-8-15(12-16)22(2,3)4;;/h7-13H,23H2,1-6H3,(H2,25,26,27,28);2*1H. The predicted octanol–water partition coefficient (Wildman–Crippen LogP) is 4.68. The molecule has 164 valence electrons. The SMILES string of the molecule is COc1ccc(OC)c(N=C(C)/C(=N\N)NC(=O)Nc2cccc(C(C)(C)C)c2)c1.[HH].[HH]. The average Bonchev–Trinajstić information content (AvgIpc) is 2.71. The number of nitrogens with zero attached hydrogens (tertiary/aromatic N) is 2. The largest absolute Gasteiger partial charge is 0.497 e. The van der Waals surface area contributed by atoms with Crippen molar-refractivity contribution in [3.63, 3.8) is 0 Å². The third kappa shape index (κ3) is 5.97. The maximum absolute atomic E-state index is 12.5. The number of anilines is 1. The van der Waals surface area contributed by atoms with E-state index >= 15 is 0 Å². The number of amides is 2. The lowest BCUT2D eigenvalue weighted by atomic mass is 9.87. The molecular formula is C22H33N5O3. The predicted molar refractivity (Wildman–Crippen MR) is 125 cm³/mol. The molecule has 8 heteroatoms. The van der Waals surface area contributed by atoms with Gasteiger partial charge in [-0.15, -0.1) is 0 Å².